The summed E-state index contributed by atoms with van der Waals surface area (Å²) in [5, 5.41) is 0. The van der Waals surface area contributed by atoms with Gasteiger partial charge in [-0.1, -0.05) is 43.7 Å². The zero-order chi connectivity index (χ0) is 20.6. The second kappa shape index (κ2) is 10.2. The van der Waals surface area contributed by atoms with E-state index in [0.29, 0.717) is 45.1 Å². The topological polar surface area (TPSA) is 72.5 Å². The van der Waals surface area contributed by atoms with Crippen LogP contribution in [-0.4, -0.2) is 58.9 Å². The van der Waals surface area contributed by atoms with E-state index < -0.39 is 0 Å². The summed E-state index contributed by atoms with van der Waals surface area (Å²) in [7, 11) is 2.02. The smallest absolute Gasteiger partial charge is 0.252 e. The first-order valence-corrected chi connectivity index (χ1v) is 10.4. The SMILES string of the molecule is CCCCC(=O)N1CCN(c2nc(CN(C)Cc3ccccc3)cc(=O)[nH]2)CC1. The van der Waals surface area contributed by atoms with Gasteiger partial charge in [0.05, 0.1) is 5.69 Å². The zero-order valence-electron chi connectivity index (χ0n) is 17.4. The summed E-state index contributed by atoms with van der Waals surface area (Å²) in [5.74, 6) is 0.825. The Hall–Kier alpha value is -2.67. The molecule has 2 heterocycles. The fraction of sp³-hybridized carbons (Fsp3) is 0.500. The largest absolute Gasteiger partial charge is 0.339 e. The third kappa shape index (κ3) is 6.15. The summed E-state index contributed by atoms with van der Waals surface area (Å²) in [6.45, 7) is 6.20. The van der Waals surface area contributed by atoms with E-state index in [-0.39, 0.29) is 11.5 Å². The highest BCUT2D eigenvalue weighted by Crippen LogP contribution is 2.13. The van der Waals surface area contributed by atoms with Gasteiger partial charge in [0.1, 0.15) is 0 Å². The van der Waals surface area contributed by atoms with Gasteiger partial charge in [-0.2, -0.15) is 0 Å². The van der Waals surface area contributed by atoms with Crippen molar-refractivity contribution in [3.63, 3.8) is 0 Å². The highest BCUT2D eigenvalue weighted by atomic mass is 16.2. The Morgan fingerprint density at radius 3 is 2.55 bits per heavy atom. The second-order valence-electron chi connectivity index (χ2n) is 7.69. The average molecular weight is 398 g/mol. The number of nitrogens with zero attached hydrogens (tertiary/aromatic N) is 4. The molecule has 1 N–H and O–H groups in total. The first kappa shape index (κ1) is 21.0. The summed E-state index contributed by atoms with van der Waals surface area (Å²) >= 11 is 0. The lowest BCUT2D eigenvalue weighted by molar-refractivity contribution is -0.131. The summed E-state index contributed by atoms with van der Waals surface area (Å²) in [6.07, 6.45) is 2.59. The molecule has 156 valence electrons. The van der Waals surface area contributed by atoms with Gasteiger partial charge < -0.3 is 9.80 Å². The molecule has 2 aromatic rings. The van der Waals surface area contributed by atoms with Crippen molar-refractivity contribution in [3.05, 3.63) is 58.0 Å². The van der Waals surface area contributed by atoms with Gasteiger partial charge in [0, 0.05) is 51.8 Å². The lowest BCUT2D eigenvalue weighted by atomic mass is 10.2. The van der Waals surface area contributed by atoms with Crippen molar-refractivity contribution in [1.82, 2.24) is 19.8 Å². The Kier molecular flexibility index (Phi) is 7.41. The van der Waals surface area contributed by atoms with Crippen LogP contribution in [0.25, 0.3) is 0 Å². The highest BCUT2D eigenvalue weighted by molar-refractivity contribution is 5.76. The number of rotatable bonds is 8. The molecule has 1 aromatic carbocycles. The van der Waals surface area contributed by atoms with Crippen molar-refractivity contribution >= 4 is 11.9 Å². The minimum atomic E-state index is -0.139. The van der Waals surface area contributed by atoms with E-state index in [4.69, 9.17) is 0 Å². The van der Waals surface area contributed by atoms with Crippen LogP contribution in [0.3, 0.4) is 0 Å². The minimum Gasteiger partial charge on any atom is -0.339 e. The Labute approximate surface area is 172 Å². The molecule has 0 saturated carbocycles. The molecule has 7 nitrogen and oxygen atoms in total. The van der Waals surface area contributed by atoms with Gasteiger partial charge in [-0.3, -0.25) is 19.5 Å². The predicted octanol–water partition coefficient (Wildman–Crippen LogP) is 2.24. The van der Waals surface area contributed by atoms with E-state index in [1.807, 2.05) is 30.1 Å². The van der Waals surface area contributed by atoms with Crippen molar-refractivity contribution in [2.45, 2.75) is 39.3 Å². The quantitative estimate of drug-likeness (QED) is 0.740. The number of benzene rings is 1. The number of aromatic nitrogens is 2. The van der Waals surface area contributed by atoms with Crippen LogP contribution in [0.15, 0.2) is 41.2 Å². The molecule has 3 rings (SSSR count). The molecule has 0 spiro atoms. The van der Waals surface area contributed by atoms with Crippen LogP contribution in [0.1, 0.15) is 37.4 Å². The van der Waals surface area contributed by atoms with E-state index in [2.05, 4.69) is 38.8 Å². The second-order valence-corrected chi connectivity index (χ2v) is 7.69. The number of unbranched alkanes of at least 4 members (excludes halogenated alkanes) is 1. The van der Waals surface area contributed by atoms with Gasteiger partial charge in [-0.05, 0) is 19.0 Å². The highest BCUT2D eigenvalue weighted by Gasteiger charge is 2.22. The molecule has 1 fully saturated rings. The summed E-state index contributed by atoms with van der Waals surface area (Å²) in [6, 6.07) is 11.8. The molecule has 29 heavy (non-hydrogen) atoms. The summed E-state index contributed by atoms with van der Waals surface area (Å²) < 4.78 is 0. The monoisotopic (exact) mass is 397 g/mol. The number of hydrogen-bond acceptors (Lipinski definition) is 5. The van der Waals surface area contributed by atoms with Crippen molar-refractivity contribution in [1.29, 1.82) is 0 Å². The molecule has 1 amide bonds. The first-order valence-electron chi connectivity index (χ1n) is 10.4. The molecule has 0 bridgehead atoms. The average Bonchev–Trinajstić information content (AvgIpc) is 2.72. The Balaban J connectivity index is 1.59. The van der Waals surface area contributed by atoms with E-state index in [9.17, 15) is 9.59 Å². The lowest BCUT2D eigenvalue weighted by Gasteiger charge is -2.35. The fourth-order valence-corrected chi connectivity index (χ4v) is 3.61. The zero-order valence-corrected chi connectivity index (χ0v) is 17.4. The number of amides is 1. The summed E-state index contributed by atoms with van der Waals surface area (Å²) in [4.78, 5) is 38.1. The van der Waals surface area contributed by atoms with Gasteiger partial charge in [0.25, 0.3) is 5.56 Å². The van der Waals surface area contributed by atoms with Crippen LogP contribution in [0.4, 0.5) is 5.95 Å². The number of aromatic amines is 1. The number of carbonyl (C=O) groups is 1. The normalized spacial score (nSPS) is 14.4. The Morgan fingerprint density at radius 2 is 1.86 bits per heavy atom. The Morgan fingerprint density at radius 1 is 1.14 bits per heavy atom. The van der Waals surface area contributed by atoms with Crippen LogP contribution < -0.4 is 10.5 Å². The van der Waals surface area contributed by atoms with Crippen LogP contribution in [0, 0.1) is 0 Å². The Bertz CT molecular complexity index is 844. The van der Waals surface area contributed by atoms with Gasteiger partial charge in [0.15, 0.2) is 0 Å². The molecule has 7 heteroatoms. The molecule has 0 aliphatic carbocycles. The molecule has 0 atom stereocenters. The maximum atomic E-state index is 12.2. The molecular formula is C22H31N5O2. The molecule has 1 aliphatic rings. The fourth-order valence-electron chi connectivity index (χ4n) is 3.61. The maximum absolute atomic E-state index is 12.2. The van der Waals surface area contributed by atoms with Crippen LogP contribution in [0.2, 0.25) is 0 Å². The molecule has 1 aromatic heterocycles. The standard InChI is InChI=1S/C22H31N5O2/c1-3-4-10-21(29)26-11-13-27(14-12-26)22-23-19(15-20(28)24-22)17-25(2)16-18-8-6-5-7-9-18/h5-9,15H,3-4,10-14,16-17H2,1-2H3,(H,23,24,28). The van der Waals surface area contributed by atoms with Crippen molar-refractivity contribution in [2.75, 3.05) is 38.1 Å². The molecule has 1 saturated heterocycles. The molecule has 0 radical (unpaired) electrons. The van der Waals surface area contributed by atoms with Gasteiger partial charge in [0.2, 0.25) is 11.9 Å². The first-order chi connectivity index (χ1) is 14.0. The number of anilines is 1. The molecule has 1 aliphatic heterocycles. The molecule has 0 unspecified atom stereocenters. The van der Waals surface area contributed by atoms with Crippen LogP contribution >= 0.6 is 0 Å². The minimum absolute atomic E-state index is 0.139. The van der Waals surface area contributed by atoms with E-state index in [1.54, 1.807) is 6.07 Å². The van der Waals surface area contributed by atoms with Crippen molar-refractivity contribution in [2.24, 2.45) is 0 Å². The van der Waals surface area contributed by atoms with E-state index >= 15 is 0 Å². The number of H-pyrrole nitrogens is 1. The van der Waals surface area contributed by atoms with Crippen molar-refractivity contribution in [3.8, 4) is 0 Å². The third-order valence-corrected chi connectivity index (χ3v) is 5.19. The number of piperazine rings is 1. The third-order valence-electron chi connectivity index (χ3n) is 5.19. The van der Waals surface area contributed by atoms with Crippen molar-refractivity contribution < 1.29 is 4.79 Å². The van der Waals surface area contributed by atoms with Crippen LogP contribution in [-0.2, 0) is 17.9 Å². The number of hydrogen-bond donors (Lipinski definition) is 1. The maximum Gasteiger partial charge on any atom is 0.252 e. The predicted molar refractivity (Wildman–Crippen MR) is 115 cm³/mol. The van der Waals surface area contributed by atoms with Gasteiger partial charge in [-0.15, -0.1) is 0 Å². The molecular weight excluding hydrogens is 366 g/mol. The lowest BCUT2D eigenvalue weighted by Crippen LogP contribution is -2.49. The number of nitrogens with one attached hydrogen (secondary N) is 1. The summed E-state index contributed by atoms with van der Waals surface area (Å²) in [5.41, 5.74) is 1.84. The van der Waals surface area contributed by atoms with Crippen LogP contribution in [0.5, 0.6) is 0 Å². The van der Waals surface area contributed by atoms with Gasteiger partial charge >= 0.3 is 0 Å². The van der Waals surface area contributed by atoms with E-state index in [1.165, 1.54) is 5.56 Å². The number of carbonyl (C=O) groups excluding carboxylic acids is 1. The van der Waals surface area contributed by atoms with Gasteiger partial charge in [-0.25, -0.2) is 4.98 Å². The van der Waals surface area contributed by atoms with E-state index in [0.717, 1.165) is 25.1 Å².